The standard InChI is InChI=1S/C92H116N26O19/c93-42-57-20-18-55(19-21-57)36-69(105-78(121)48-113-28-30-114(49-79(122)123)32-34-116(51-81(126)127)35-33-115(31-29-113)50-80(124)125)84(130)109-73(41-63-46-99-54-104-63)88(134)108-71(39-61-44-102-67-15-7-5-13-65(61)67)86(132)112-75(52-119)89(135)110-72(40-62-45-98-53-103-62)87(133)106-68(16-8-26-100-92(95)96)83(129)107-70(38-60-43-101-66-14-6-4-12-64(60)66)85(131)111-74(90(136)117-27-9-17-76(117)91(137)118(97)47-77(94)120)37-56-22-24-59(25-23-56)82(128)58-10-2-1-3-11-58/h1-7,10-15,18-25,43-46,53-54,68-76,101-102,119H,8-9,16-17,26-42,47-52,93,97H2,(H2,94,120)(H,98,103)(H,99,104)(H,105,121)(H,106,133)(H,107,129)(H,108,134)(H,109,130)(H,110,135)(H,111,131)(H,112,132)(H,122,123)(H,124,125)(H,126,127)(H4,95,96,100)/t68-,69-,70+,71+,72+,73+,74+,75+,76+/m1/s1. The lowest BCUT2D eigenvalue weighted by Gasteiger charge is -2.33. The molecule has 0 aliphatic carbocycles. The Hall–Kier alpha value is -15.2. The first-order chi connectivity index (χ1) is 65.8. The molecule has 45 nitrogen and oxygen atoms in total. The minimum atomic E-state index is -1.94. The van der Waals surface area contributed by atoms with Gasteiger partial charge in [0.15, 0.2) is 11.7 Å². The van der Waals surface area contributed by atoms with Crippen LogP contribution in [0.15, 0.2) is 165 Å². The average Bonchev–Trinajstić information content (AvgIpc) is 1.72. The fraction of sp³-hybridized carbons (Fsp3) is 0.391. The van der Waals surface area contributed by atoms with Gasteiger partial charge in [-0.25, -0.2) is 15.8 Å². The number of aliphatic hydroxyl groups is 1. The summed E-state index contributed by atoms with van der Waals surface area (Å²) in [7, 11) is 0. The number of aromatic nitrogens is 6. The van der Waals surface area contributed by atoms with Gasteiger partial charge in [0.2, 0.25) is 59.1 Å². The number of carbonyl (C=O) groups is 15. The summed E-state index contributed by atoms with van der Waals surface area (Å²) in [5.41, 5.74) is 22.3. The van der Waals surface area contributed by atoms with Crippen LogP contribution in [0.1, 0.15) is 80.8 Å². The average molecular weight is 1890 g/mol. The van der Waals surface area contributed by atoms with Crippen molar-refractivity contribution in [1.29, 1.82) is 5.41 Å². The number of rotatable bonds is 47. The monoisotopic (exact) mass is 1890 g/mol. The van der Waals surface area contributed by atoms with Gasteiger partial charge >= 0.3 is 17.9 Å². The maximum Gasteiger partial charge on any atom is 0.317 e. The third-order valence-electron chi connectivity index (χ3n) is 23.6. The van der Waals surface area contributed by atoms with Crippen LogP contribution in [0.25, 0.3) is 21.8 Å². The van der Waals surface area contributed by atoms with Crippen LogP contribution in [-0.2, 0) is 112 Å². The van der Waals surface area contributed by atoms with Gasteiger partial charge in [-0.3, -0.25) is 102 Å². The number of nitrogens with two attached hydrogens (primary N) is 4. The van der Waals surface area contributed by atoms with E-state index in [9.17, 15) is 54.0 Å². The highest BCUT2D eigenvalue weighted by Crippen LogP contribution is 2.26. The van der Waals surface area contributed by atoms with Crippen molar-refractivity contribution < 1.29 is 92.3 Å². The number of aliphatic hydroxyl groups excluding tert-OH is 1. The second-order valence-corrected chi connectivity index (χ2v) is 33.6. The molecular weight excluding hydrogens is 1770 g/mol. The van der Waals surface area contributed by atoms with Gasteiger partial charge in [0.05, 0.1) is 45.4 Å². The highest BCUT2D eigenvalue weighted by Gasteiger charge is 2.42. The van der Waals surface area contributed by atoms with Gasteiger partial charge in [-0.2, -0.15) is 0 Å². The van der Waals surface area contributed by atoms with Crippen molar-refractivity contribution in [2.75, 3.05) is 105 Å². The number of aromatic amines is 4. The van der Waals surface area contributed by atoms with Gasteiger partial charge in [0.1, 0.15) is 60.9 Å². The van der Waals surface area contributed by atoms with Crippen molar-refractivity contribution in [3.05, 3.63) is 215 Å². The van der Waals surface area contributed by atoms with Crippen LogP contribution in [0.3, 0.4) is 0 Å². The number of nitrogens with one attached hydrogen (secondary N) is 14. The molecule has 6 heterocycles. The Morgan fingerprint density at radius 3 is 1.29 bits per heavy atom. The minimum Gasteiger partial charge on any atom is -0.480 e. The number of nitrogens with zero attached hydrogens (tertiary/aromatic N) is 8. The predicted octanol–water partition coefficient (Wildman–Crippen LogP) is -3.67. The summed E-state index contributed by atoms with van der Waals surface area (Å²) in [5, 5.41) is 75.0. The summed E-state index contributed by atoms with van der Waals surface area (Å²) in [6.45, 7) is -2.71. The first-order valence-electron chi connectivity index (χ1n) is 44.7. The molecule has 0 saturated carbocycles. The lowest BCUT2D eigenvalue weighted by Crippen LogP contribution is -2.62. The Balaban J connectivity index is 0.849. The van der Waals surface area contributed by atoms with E-state index in [1.54, 1.807) is 159 Å². The fourth-order valence-corrected chi connectivity index (χ4v) is 16.4. The number of H-pyrrole nitrogens is 4. The predicted molar refractivity (Wildman–Crippen MR) is 497 cm³/mol. The topological polar surface area (TPSA) is 682 Å². The summed E-state index contributed by atoms with van der Waals surface area (Å²) in [6, 6.07) is 21.4. The van der Waals surface area contributed by atoms with E-state index in [1.165, 1.54) is 29.9 Å². The van der Waals surface area contributed by atoms with Crippen LogP contribution in [0.5, 0.6) is 0 Å². The number of para-hydroxylation sites is 2. The zero-order chi connectivity index (χ0) is 98.2. The van der Waals surface area contributed by atoms with Crippen LogP contribution in [0.2, 0.25) is 0 Å². The molecule has 11 amide bonds. The molecular formula is C92H116N26O19. The Bertz CT molecular complexity index is 5650. The number of amides is 11. The quantitative estimate of drug-likeness (QED) is 0.00332. The number of ketones is 1. The highest BCUT2D eigenvalue weighted by atomic mass is 16.4. The number of carbonyl (C=O) groups excluding carboxylic acids is 12. The van der Waals surface area contributed by atoms with E-state index in [0.717, 1.165) is 5.56 Å². The van der Waals surface area contributed by atoms with Crippen LogP contribution in [0.4, 0.5) is 0 Å². The largest absolute Gasteiger partial charge is 0.480 e. The Morgan fingerprint density at radius 2 is 0.847 bits per heavy atom. The summed E-state index contributed by atoms with van der Waals surface area (Å²) in [6.07, 6.45) is 6.98. The molecule has 0 spiro atoms. The molecule has 4 aromatic heterocycles. The SMILES string of the molecule is N=C(N)NCCC[C@@H](NC(=O)[C@H](Cc1cnc[nH]1)NC(=O)[C@H](CO)NC(=O)[C@H](Cc1c[nH]c2ccccc12)NC(=O)[C@H](Cc1cnc[nH]1)NC(=O)[C@@H](Cc1ccc(CN)cc1)NC(=O)CN1CCN(CC(=O)O)CCN(CC(=O)O)CCN(CC(=O)O)CC1)C(=O)N[C@@H](Cc1c[nH]c2ccccc12)C(=O)N[C@@H](Cc1ccc(C(=O)c2ccccc2)cc1)C(=O)N1CCC[C@H]1C(=O)N(N)CC(N)=O. The first-order valence-corrected chi connectivity index (χ1v) is 44.7. The van der Waals surface area contributed by atoms with Gasteiger partial charge in [-0.15, -0.1) is 0 Å². The number of primary amides is 1. The lowest BCUT2D eigenvalue weighted by atomic mass is 9.98. The van der Waals surface area contributed by atoms with E-state index in [0.29, 0.717) is 72.3 Å². The number of benzene rings is 5. The molecule has 45 heteroatoms. The normalized spacial score (nSPS) is 15.9. The van der Waals surface area contributed by atoms with E-state index in [1.807, 2.05) is 0 Å². The molecule has 9 atom stereocenters. The molecule has 0 radical (unpaired) electrons. The van der Waals surface area contributed by atoms with E-state index >= 15 is 38.4 Å². The minimum absolute atomic E-state index is 0.00708. The fourth-order valence-electron chi connectivity index (χ4n) is 16.4. The van der Waals surface area contributed by atoms with Crippen molar-refractivity contribution in [2.24, 2.45) is 23.0 Å². The van der Waals surface area contributed by atoms with E-state index < -0.39 is 182 Å². The molecule has 11 rings (SSSR count). The summed E-state index contributed by atoms with van der Waals surface area (Å²) < 4.78 is 0. The smallest absolute Gasteiger partial charge is 0.317 e. The van der Waals surface area contributed by atoms with Crippen LogP contribution < -0.4 is 70.9 Å². The van der Waals surface area contributed by atoms with Crippen LogP contribution >= 0.6 is 0 Å². The number of hydrazine groups is 1. The number of aliphatic carboxylic acids is 3. The van der Waals surface area contributed by atoms with Crippen molar-refractivity contribution in [3.8, 4) is 0 Å². The van der Waals surface area contributed by atoms with Gasteiger partial charge in [0, 0.05) is 180 Å². The molecule has 137 heavy (non-hydrogen) atoms. The van der Waals surface area contributed by atoms with Crippen molar-refractivity contribution in [2.45, 2.75) is 125 Å². The third kappa shape index (κ3) is 30.7. The molecule has 2 saturated heterocycles. The Labute approximate surface area is 786 Å². The molecule has 5 aromatic carbocycles. The van der Waals surface area contributed by atoms with Crippen molar-refractivity contribution >= 4 is 116 Å². The van der Waals surface area contributed by atoms with Gasteiger partial charge in [-0.1, -0.05) is 115 Å². The molecule has 26 N–H and O–H groups in total. The molecule has 0 unspecified atom stereocenters. The zero-order valence-electron chi connectivity index (χ0n) is 75.2. The van der Waals surface area contributed by atoms with E-state index in [4.69, 9.17) is 28.5 Å². The molecule has 728 valence electrons. The van der Waals surface area contributed by atoms with Gasteiger partial charge in [0.25, 0.3) is 5.91 Å². The number of likely N-dealkylation sites (tertiary alicyclic amines) is 1. The number of fused-ring (bicyclic) bond motifs is 2. The summed E-state index contributed by atoms with van der Waals surface area (Å²) in [4.78, 5) is 241. The lowest BCUT2D eigenvalue weighted by molar-refractivity contribution is -0.146. The number of guanidine groups is 1. The van der Waals surface area contributed by atoms with Crippen molar-refractivity contribution in [1.82, 2.24) is 107 Å². The van der Waals surface area contributed by atoms with E-state index in [-0.39, 0.29) is 141 Å². The summed E-state index contributed by atoms with van der Waals surface area (Å²) >= 11 is 0. The Kier molecular flexibility index (Phi) is 37.5. The molecule has 2 aliphatic heterocycles. The first kappa shape index (κ1) is 102. The van der Waals surface area contributed by atoms with Gasteiger partial charge < -0.3 is 110 Å². The van der Waals surface area contributed by atoms with Gasteiger partial charge in [-0.05, 0) is 65.6 Å². The third-order valence-corrected chi connectivity index (χ3v) is 23.6. The van der Waals surface area contributed by atoms with Crippen LogP contribution in [0, 0.1) is 5.41 Å². The number of carboxylic acids is 3. The molecule has 9 aromatic rings. The molecule has 2 fully saturated rings. The number of imidazole rings is 2. The van der Waals surface area contributed by atoms with Crippen LogP contribution in [-0.4, -0.2) is 334 Å². The maximum absolute atomic E-state index is 15.6. The number of hydrogen-bond acceptors (Lipinski definition) is 25. The Morgan fingerprint density at radius 1 is 0.453 bits per heavy atom. The molecule has 2 aliphatic rings. The second-order valence-electron chi connectivity index (χ2n) is 33.6. The summed E-state index contributed by atoms with van der Waals surface area (Å²) in [5.74, 6) is -8.49. The van der Waals surface area contributed by atoms with Crippen molar-refractivity contribution in [3.63, 3.8) is 0 Å². The molecule has 0 bridgehead atoms. The van der Waals surface area contributed by atoms with E-state index in [2.05, 4.69) is 77.8 Å². The highest BCUT2D eigenvalue weighted by molar-refractivity contribution is 6.09. The number of hydrogen-bond donors (Lipinski definition) is 22. The zero-order valence-corrected chi connectivity index (χ0v) is 75.2. The second kappa shape index (κ2) is 50.2. The number of carboxylic acid groups (broad SMARTS) is 3. The maximum atomic E-state index is 15.6.